The van der Waals surface area contributed by atoms with E-state index in [4.69, 9.17) is 16.3 Å². The van der Waals surface area contributed by atoms with Gasteiger partial charge in [-0.05, 0) is 67.9 Å². The molecule has 5 rings (SSSR count). The average Bonchev–Trinajstić information content (AvgIpc) is 3.29. The Morgan fingerprint density at radius 3 is 2.56 bits per heavy atom. The predicted octanol–water partition coefficient (Wildman–Crippen LogP) is 4.03. The van der Waals surface area contributed by atoms with E-state index in [0.717, 1.165) is 37.3 Å². The van der Waals surface area contributed by atoms with Gasteiger partial charge in [-0.25, -0.2) is 8.78 Å². The van der Waals surface area contributed by atoms with Crippen LogP contribution >= 0.6 is 11.6 Å². The third-order valence-corrected chi connectivity index (χ3v) is 6.65. The van der Waals surface area contributed by atoms with Gasteiger partial charge in [-0.3, -0.25) is 9.59 Å². The van der Waals surface area contributed by atoms with Gasteiger partial charge in [0.15, 0.2) is 6.61 Å². The van der Waals surface area contributed by atoms with Crippen molar-refractivity contribution in [3.63, 3.8) is 0 Å². The minimum absolute atomic E-state index is 0.00747. The largest absolute Gasteiger partial charge is 0.484 e. The van der Waals surface area contributed by atoms with Crippen LogP contribution in [-0.2, 0) is 16.0 Å². The lowest BCUT2D eigenvalue weighted by atomic mass is 9.76. The standard InChI is InChI=1S/C24H25ClF2N2O3/c25-20-8-7-18(10-21(20)27)32-14-22(30)29-24-11-16(12-24)19(13-24)23(31)28-9-1-2-15-3-5-17(26)6-4-15/h3-8,10,16,19H,1-2,9,11-14H2,(H,28,31)(H,29,30)/t16?,19-,24?/m0/s1. The number of halogens is 3. The zero-order chi connectivity index (χ0) is 22.7. The summed E-state index contributed by atoms with van der Waals surface area (Å²) >= 11 is 5.64. The second-order valence-electron chi connectivity index (χ2n) is 8.69. The molecule has 170 valence electrons. The molecule has 0 saturated heterocycles. The van der Waals surface area contributed by atoms with Crippen molar-refractivity contribution in [3.05, 3.63) is 64.7 Å². The van der Waals surface area contributed by atoms with Crippen molar-refractivity contribution in [2.45, 2.75) is 37.6 Å². The number of amides is 2. The Morgan fingerprint density at radius 2 is 1.84 bits per heavy atom. The molecule has 0 radical (unpaired) electrons. The lowest BCUT2D eigenvalue weighted by Gasteiger charge is -2.39. The third-order valence-electron chi connectivity index (χ3n) is 6.34. The van der Waals surface area contributed by atoms with E-state index in [1.165, 1.54) is 24.3 Å². The van der Waals surface area contributed by atoms with Gasteiger partial charge in [0.1, 0.15) is 17.4 Å². The lowest BCUT2D eigenvalue weighted by molar-refractivity contribution is -0.126. The molecule has 2 amide bonds. The van der Waals surface area contributed by atoms with Gasteiger partial charge in [0.25, 0.3) is 5.91 Å². The summed E-state index contributed by atoms with van der Waals surface area (Å²) in [5.74, 6) is -0.725. The molecular formula is C24H25ClF2N2O3. The van der Waals surface area contributed by atoms with Crippen LogP contribution in [0, 0.1) is 23.5 Å². The molecule has 0 aliphatic heterocycles. The minimum Gasteiger partial charge on any atom is -0.484 e. The highest BCUT2D eigenvalue weighted by molar-refractivity contribution is 6.30. The van der Waals surface area contributed by atoms with Gasteiger partial charge in [0.2, 0.25) is 5.91 Å². The molecule has 8 heteroatoms. The fourth-order valence-electron chi connectivity index (χ4n) is 4.78. The molecule has 2 aromatic carbocycles. The average molecular weight is 463 g/mol. The molecule has 0 aromatic heterocycles. The van der Waals surface area contributed by atoms with E-state index in [9.17, 15) is 18.4 Å². The number of aryl methyl sites for hydroxylation is 1. The monoisotopic (exact) mass is 462 g/mol. The van der Waals surface area contributed by atoms with Crippen LogP contribution < -0.4 is 15.4 Å². The molecule has 3 saturated carbocycles. The number of carbonyl (C=O) groups is 2. The van der Waals surface area contributed by atoms with E-state index in [1.807, 2.05) is 0 Å². The molecule has 5 nitrogen and oxygen atoms in total. The molecule has 2 aromatic rings. The first kappa shape index (κ1) is 22.5. The summed E-state index contributed by atoms with van der Waals surface area (Å²) in [6, 6.07) is 10.4. The first-order chi connectivity index (χ1) is 15.3. The fraction of sp³-hybridized carbons (Fsp3) is 0.417. The number of fused-ring (bicyclic) bond motifs is 1. The predicted molar refractivity (Wildman–Crippen MR) is 116 cm³/mol. The number of hydrogen-bond acceptors (Lipinski definition) is 3. The van der Waals surface area contributed by atoms with Crippen LogP contribution in [0.4, 0.5) is 8.78 Å². The Kier molecular flexibility index (Phi) is 6.65. The molecule has 1 atom stereocenters. The number of hydrogen-bond donors (Lipinski definition) is 2. The van der Waals surface area contributed by atoms with Gasteiger partial charge >= 0.3 is 0 Å². The first-order valence-electron chi connectivity index (χ1n) is 10.7. The van der Waals surface area contributed by atoms with E-state index < -0.39 is 5.82 Å². The van der Waals surface area contributed by atoms with E-state index in [1.54, 1.807) is 12.1 Å². The summed E-state index contributed by atoms with van der Waals surface area (Å²) < 4.78 is 31.8. The Morgan fingerprint density at radius 1 is 1.09 bits per heavy atom. The molecule has 3 aliphatic carbocycles. The number of nitrogens with one attached hydrogen (secondary N) is 2. The molecule has 32 heavy (non-hydrogen) atoms. The number of carbonyl (C=O) groups excluding carboxylic acids is 2. The number of benzene rings is 2. The van der Waals surface area contributed by atoms with Crippen molar-refractivity contribution in [1.29, 1.82) is 0 Å². The topological polar surface area (TPSA) is 67.4 Å². The fourth-order valence-corrected chi connectivity index (χ4v) is 4.89. The van der Waals surface area contributed by atoms with Crippen molar-refractivity contribution >= 4 is 23.4 Å². The van der Waals surface area contributed by atoms with Crippen molar-refractivity contribution in [3.8, 4) is 5.75 Å². The lowest BCUT2D eigenvalue weighted by Crippen LogP contribution is -2.53. The van der Waals surface area contributed by atoms with Crippen LogP contribution in [0.5, 0.6) is 5.75 Å². The van der Waals surface area contributed by atoms with Crippen molar-refractivity contribution in [1.82, 2.24) is 10.6 Å². The van der Waals surface area contributed by atoms with E-state index in [0.29, 0.717) is 13.0 Å². The Balaban J connectivity index is 1.17. The maximum absolute atomic E-state index is 13.5. The molecular weight excluding hydrogens is 438 g/mol. The van der Waals surface area contributed by atoms with Crippen LogP contribution in [0.15, 0.2) is 42.5 Å². The van der Waals surface area contributed by atoms with Crippen molar-refractivity contribution in [2.75, 3.05) is 13.2 Å². The smallest absolute Gasteiger partial charge is 0.258 e. The molecule has 2 bridgehead atoms. The van der Waals surface area contributed by atoms with Crippen molar-refractivity contribution < 1.29 is 23.1 Å². The second kappa shape index (κ2) is 9.45. The zero-order valence-corrected chi connectivity index (χ0v) is 18.3. The van der Waals surface area contributed by atoms with E-state index >= 15 is 0 Å². The Hall–Kier alpha value is -2.67. The summed E-state index contributed by atoms with van der Waals surface area (Å²) in [7, 11) is 0. The Bertz CT molecular complexity index is 993. The minimum atomic E-state index is -0.604. The summed E-state index contributed by atoms with van der Waals surface area (Å²) in [5.41, 5.74) is 0.681. The summed E-state index contributed by atoms with van der Waals surface area (Å²) in [4.78, 5) is 24.9. The highest BCUT2D eigenvalue weighted by Crippen LogP contribution is 2.55. The zero-order valence-electron chi connectivity index (χ0n) is 17.5. The van der Waals surface area contributed by atoms with Crippen LogP contribution in [0.25, 0.3) is 0 Å². The van der Waals surface area contributed by atoms with Gasteiger partial charge in [-0.2, -0.15) is 0 Å². The molecule has 2 N–H and O–H groups in total. The van der Waals surface area contributed by atoms with Crippen LogP contribution in [0.3, 0.4) is 0 Å². The van der Waals surface area contributed by atoms with E-state index in [-0.39, 0.29) is 52.4 Å². The molecule has 3 aliphatic rings. The summed E-state index contributed by atoms with van der Waals surface area (Å²) in [6.07, 6.45) is 3.72. The summed E-state index contributed by atoms with van der Waals surface area (Å²) in [5, 5.41) is 5.99. The van der Waals surface area contributed by atoms with Gasteiger partial charge in [0, 0.05) is 24.1 Å². The second-order valence-corrected chi connectivity index (χ2v) is 9.10. The summed E-state index contributed by atoms with van der Waals surface area (Å²) in [6.45, 7) is 0.331. The quantitative estimate of drug-likeness (QED) is 0.553. The van der Waals surface area contributed by atoms with Crippen LogP contribution in [0.2, 0.25) is 5.02 Å². The number of ether oxygens (including phenoxy) is 1. The molecule has 0 spiro atoms. The maximum atomic E-state index is 13.5. The third kappa shape index (κ3) is 5.21. The number of rotatable bonds is 9. The highest BCUT2D eigenvalue weighted by atomic mass is 35.5. The van der Waals surface area contributed by atoms with Gasteiger partial charge in [0.05, 0.1) is 5.02 Å². The van der Waals surface area contributed by atoms with Crippen molar-refractivity contribution in [2.24, 2.45) is 11.8 Å². The highest BCUT2D eigenvalue weighted by Gasteiger charge is 2.58. The SMILES string of the molecule is O=C(COc1ccc(Cl)c(F)c1)NC12CC(C1)[C@@H](C(=O)NCCCc1ccc(F)cc1)C2. The van der Waals surface area contributed by atoms with Gasteiger partial charge in [-0.15, -0.1) is 0 Å². The van der Waals surface area contributed by atoms with Crippen LogP contribution in [-0.4, -0.2) is 30.5 Å². The van der Waals surface area contributed by atoms with E-state index in [2.05, 4.69) is 10.6 Å². The molecule has 3 fully saturated rings. The Labute approximate surface area is 190 Å². The first-order valence-corrected chi connectivity index (χ1v) is 11.1. The van der Waals surface area contributed by atoms with Gasteiger partial charge < -0.3 is 15.4 Å². The molecule has 0 heterocycles. The molecule has 0 unspecified atom stereocenters. The normalized spacial score (nSPS) is 23.3. The maximum Gasteiger partial charge on any atom is 0.258 e. The van der Waals surface area contributed by atoms with Crippen LogP contribution in [0.1, 0.15) is 31.2 Å². The van der Waals surface area contributed by atoms with Gasteiger partial charge in [-0.1, -0.05) is 23.7 Å².